The number of aromatic nitrogens is 2. The van der Waals surface area contributed by atoms with E-state index in [9.17, 15) is 0 Å². The van der Waals surface area contributed by atoms with E-state index in [2.05, 4.69) is 14.1 Å². The van der Waals surface area contributed by atoms with Crippen LogP contribution in [-0.4, -0.2) is 15.0 Å². The molecule has 0 radical (unpaired) electrons. The van der Waals surface area contributed by atoms with Crippen LogP contribution in [0.15, 0.2) is 35.4 Å². The second kappa shape index (κ2) is 5.34. The zero-order valence-electron chi connectivity index (χ0n) is 8.45. The molecule has 0 saturated heterocycles. The van der Waals surface area contributed by atoms with E-state index < -0.39 is 0 Å². The van der Waals surface area contributed by atoms with Crippen molar-refractivity contribution < 1.29 is 0 Å². The predicted molar refractivity (Wildman–Crippen MR) is 70.3 cm³/mol. The van der Waals surface area contributed by atoms with Crippen molar-refractivity contribution in [1.29, 1.82) is 5.26 Å². The second-order valence-corrected chi connectivity index (χ2v) is 6.62. The minimum absolute atomic E-state index is 0.376. The van der Waals surface area contributed by atoms with Crippen molar-refractivity contribution in [1.82, 2.24) is 8.75 Å². The molecule has 1 aromatic carbocycles. The average Bonchev–Trinajstić information content (AvgIpc) is 2.74. The topological polar surface area (TPSA) is 49.6 Å². The number of nitriles is 1. The molecular formula is C10H8N3S3+. The van der Waals surface area contributed by atoms with Crippen LogP contribution in [0.2, 0.25) is 0 Å². The Balaban J connectivity index is 2.47. The number of hydrogen-bond acceptors (Lipinski definition) is 5. The van der Waals surface area contributed by atoms with Gasteiger partial charge in [0.1, 0.15) is 5.40 Å². The van der Waals surface area contributed by atoms with Crippen LogP contribution in [0.5, 0.6) is 0 Å². The molecule has 80 valence electrons. The highest BCUT2D eigenvalue weighted by atomic mass is 33.1. The third-order valence-electron chi connectivity index (χ3n) is 1.87. The first-order valence-electron chi connectivity index (χ1n) is 4.43. The zero-order chi connectivity index (χ0) is 11.4. The number of benzene rings is 1. The molecule has 16 heavy (non-hydrogen) atoms. The highest BCUT2D eigenvalue weighted by Gasteiger charge is 2.22. The molecule has 0 aliphatic carbocycles. The maximum absolute atomic E-state index is 8.72. The van der Waals surface area contributed by atoms with E-state index in [1.54, 1.807) is 10.8 Å². The average molecular weight is 266 g/mol. The molecule has 1 atom stereocenters. The van der Waals surface area contributed by atoms with Crippen molar-refractivity contribution >= 4 is 32.4 Å². The molecule has 0 aliphatic rings. The van der Waals surface area contributed by atoms with Crippen molar-refractivity contribution in [2.75, 3.05) is 6.26 Å². The van der Waals surface area contributed by atoms with E-state index in [4.69, 9.17) is 5.26 Å². The van der Waals surface area contributed by atoms with E-state index in [1.165, 1.54) is 0 Å². The monoisotopic (exact) mass is 266 g/mol. The fourth-order valence-electron chi connectivity index (χ4n) is 1.21. The van der Waals surface area contributed by atoms with Crippen LogP contribution < -0.4 is 0 Å². The van der Waals surface area contributed by atoms with Gasteiger partial charge in [-0.3, -0.25) is 0 Å². The molecule has 3 nitrogen and oxygen atoms in total. The van der Waals surface area contributed by atoms with Crippen LogP contribution in [0.4, 0.5) is 0 Å². The third-order valence-corrected chi connectivity index (χ3v) is 4.87. The summed E-state index contributed by atoms with van der Waals surface area (Å²) in [7, 11) is 1.21. The molecule has 2 aromatic rings. The van der Waals surface area contributed by atoms with E-state index in [0.717, 1.165) is 28.0 Å². The first-order valence-corrected chi connectivity index (χ1v) is 8.13. The summed E-state index contributed by atoms with van der Waals surface area (Å²) in [6, 6.07) is 9.85. The van der Waals surface area contributed by atoms with Crippen molar-refractivity contribution in [3.05, 3.63) is 30.3 Å². The SMILES string of the molecule is CS[s+]1nc(SC#N)c(-c2ccccc2)n1. The van der Waals surface area contributed by atoms with Gasteiger partial charge in [0, 0.05) is 32.3 Å². The maximum atomic E-state index is 8.72. The van der Waals surface area contributed by atoms with Crippen LogP contribution >= 0.6 is 32.4 Å². The molecule has 0 saturated carbocycles. The number of thioether (sulfide) groups is 1. The van der Waals surface area contributed by atoms with Crippen LogP contribution in [-0.2, 0) is 0 Å². The van der Waals surface area contributed by atoms with Crippen LogP contribution in [0.25, 0.3) is 11.3 Å². The molecule has 0 amide bonds. The van der Waals surface area contributed by atoms with Gasteiger partial charge in [0.25, 0.3) is 9.89 Å². The normalized spacial score (nSPS) is 11.1. The highest BCUT2D eigenvalue weighted by Crippen LogP contribution is 2.36. The Morgan fingerprint density at radius 2 is 2.00 bits per heavy atom. The Labute approximate surface area is 105 Å². The molecule has 1 unspecified atom stereocenters. The fourth-order valence-corrected chi connectivity index (χ4v) is 3.78. The summed E-state index contributed by atoms with van der Waals surface area (Å²) in [5, 5.41) is 11.5. The first kappa shape index (κ1) is 11.5. The summed E-state index contributed by atoms with van der Waals surface area (Å²) >= 11 is 1.08. The van der Waals surface area contributed by atoms with Gasteiger partial charge in [0.2, 0.25) is 5.03 Å². The lowest BCUT2D eigenvalue weighted by Gasteiger charge is -1.92. The summed E-state index contributed by atoms with van der Waals surface area (Å²) in [4.78, 5) is 0. The van der Waals surface area contributed by atoms with E-state index in [-0.39, 0.29) is 9.89 Å². The summed E-state index contributed by atoms with van der Waals surface area (Å²) in [5.41, 5.74) is 1.86. The second-order valence-electron chi connectivity index (χ2n) is 2.79. The molecule has 2 rings (SSSR count). The minimum atomic E-state index is -0.376. The molecule has 0 N–H and O–H groups in total. The predicted octanol–water partition coefficient (Wildman–Crippen LogP) is 3.59. The minimum Gasteiger partial charge on any atom is -0.185 e. The molecule has 0 bridgehead atoms. The Kier molecular flexibility index (Phi) is 3.83. The van der Waals surface area contributed by atoms with Crippen LogP contribution in [0.3, 0.4) is 0 Å². The number of nitrogens with zero attached hydrogens (tertiary/aromatic N) is 3. The van der Waals surface area contributed by atoms with Gasteiger partial charge in [0.05, 0.1) is 0 Å². The molecule has 6 heteroatoms. The van der Waals surface area contributed by atoms with Crippen LogP contribution in [0, 0.1) is 10.7 Å². The van der Waals surface area contributed by atoms with Crippen molar-refractivity contribution in [3.8, 4) is 16.7 Å². The smallest absolute Gasteiger partial charge is 0.185 e. The number of thiocyanates is 1. The summed E-state index contributed by atoms with van der Waals surface area (Å²) in [6.07, 6.45) is 1.97. The van der Waals surface area contributed by atoms with Crippen molar-refractivity contribution in [2.45, 2.75) is 5.03 Å². The molecule has 1 heterocycles. The summed E-state index contributed by atoms with van der Waals surface area (Å²) < 4.78 is 8.91. The van der Waals surface area contributed by atoms with Crippen LogP contribution in [0.1, 0.15) is 0 Å². The first-order chi connectivity index (χ1) is 7.85. The Morgan fingerprint density at radius 1 is 1.25 bits per heavy atom. The Bertz CT molecular complexity index is 516. The third kappa shape index (κ3) is 2.38. The standard InChI is InChI=1S/C10H8N3S3/c1-14-16-12-9(10(13-16)15-7-11)8-5-3-2-4-6-8/h2-6H,1H3/q+1. The quantitative estimate of drug-likeness (QED) is 0.368. The molecule has 0 aliphatic heterocycles. The molecule has 0 fully saturated rings. The van der Waals surface area contributed by atoms with Gasteiger partial charge in [-0.25, -0.2) is 0 Å². The van der Waals surface area contributed by atoms with E-state index in [1.807, 2.05) is 36.6 Å². The van der Waals surface area contributed by atoms with Gasteiger partial charge < -0.3 is 0 Å². The van der Waals surface area contributed by atoms with Gasteiger partial charge in [-0.2, -0.15) is 5.26 Å². The Hall–Kier alpha value is -1.03. The highest BCUT2D eigenvalue weighted by molar-refractivity contribution is 8.43. The summed E-state index contributed by atoms with van der Waals surface area (Å²) in [6.45, 7) is 0. The van der Waals surface area contributed by atoms with Gasteiger partial charge >= 0.3 is 0 Å². The largest absolute Gasteiger partial charge is 0.281 e. The molecular weight excluding hydrogens is 258 g/mol. The van der Waals surface area contributed by atoms with Gasteiger partial charge in [0.15, 0.2) is 16.5 Å². The lowest BCUT2D eigenvalue weighted by molar-refractivity contribution is 1.27. The van der Waals surface area contributed by atoms with Gasteiger partial charge in [-0.05, 0) is 0 Å². The van der Waals surface area contributed by atoms with E-state index in [0.29, 0.717) is 0 Å². The number of hydrogen-bond donors (Lipinski definition) is 0. The van der Waals surface area contributed by atoms with Crippen molar-refractivity contribution in [2.24, 2.45) is 0 Å². The van der Waals surface area contributed by atoms with E-state index >= 15 is 0 Å². The maximum Gasteiger partial charge on any atom is 0.281 e. The summed E-state index contributed by atoms with van der Waals surface area (Å²) in [5.74, 6) is 0. The number of rotatable bonds is 3. The van der Waals surface area contributed by atoms with Gasteiger partial charge in [-0.15, -0.1) is 0 Å². The molecule has 1 aromatic heterocycles. The lowest BCUT2D eigenvalue weighted by Crippen LogP contribution is -1.78. The molecule has 0 spiro atoms. The van der Waals surface area contributed by atoms with Gasteiger partial charge in [-0.1, -0.05) is 30.3 Å². The fraction of sp³-hybridized carbons (Fsp3) is 0.100. The van der Waals surface area contributed by atoms with Crippen molar-refractivity contribution in [3.63, 3.8) is 0 Å². The zero-order valence-corrected chi connectivity index (χ0v) is 10.9. The Morgan fingerprint density at radius 3 is 2.62 bits per heavy atom. The lowest BCUT2D eigenvalue weighted by atomic mass is 10.2.